The van der Waals surface area contributed by atoms with Crippen LogP contribution in [0.15, 0.2) is 22.6 Å². The molecule has 1 aromatic carbocycles. The fourth-order valence-electron chi connectivity index (χ4n) is 1.66. The van der Waals surface area contributed by atoms with Gasteiger partial charge in [-0.05, 0) is 32.4 Å². The lowest BCUT2D eigenvalue weighted by Gasteiger charge is -2.04. The van der Waals surface area contributed by atoms with Crippen LogP contribution in [0.25, 0.3) is 11.3 Å². The number of anilines is 1. The van der Waals surface area contributed by atoms with Crippen molar-refractivity contribution in [2.24, 2.45) is 0 Å². The van der Waals surface area contributed by atoms with Crippen LogP contribution in [0.1, 0.15) is 16.9 Å². The van der Waals surface area contributed by atoms with Crippen LogP contribution < -0.4 is 5.73 Å². The van der Waals surface area contributed by atoms with Crippen molar-refractivity contribution in [1.29, 1.82) is 0 Å². The summed E-state index contributed by atoms with van der Waals surface area (Å²) in [7, 11) is 0. The summed E-state index contributed by atoms with van der Waals surface area (Å²) in [5, 5.41) is 0. The summed E-state index contributed by atoms with van der Waals surface area (Å²) in [5.74, 6) is 0.765. The SMILES string of the molecule is Cc1ccc(C)c(-c2nc(N)oc2C)c1. The van der Waals surface area contributed by atoms with E-state index < -0.39 is 0 Å². The number of nitrogens with two attached hydrogens (primary N) is 1. The lowest BCUT2D eigenvalue weighted by atomic mass is 10.0. The molecule has 2 rings (SSSR count). The van der Waals surface area contributed by atoms with E-state index in [1.165, 1.54) is 11.1 Å². The third-order valence-corrected chi connectivity index (χ3v) is 2.46. The van der Waals surface area contributed by atoms with E-state index in [-0.39, 0.29) is 6.01 Å². The number of nitrogen functional groups attached to an aromatic ring is 1. The number of hydrogen-bond acceptors (Lipinski definition) is 3. The molecule has 78 valence electrons. The molecule has 3 nitrogen and oxygen atoms in total. The Balaban J connectivity index is 2.62. The van der Waals surface area contributed by atoms with E-state index in [1.807, 2.05) is 6.92 Å². The van der Waals surface area contributed by atoms with Crippen LogP contribution in [0.2, 0.25) is 0 Å². The Hall–Kier alpha value is -1.77. The quantitative estimate of drug-likeness (QED) is 0.773. The zero-order chi connectivity index (χ0) is 11.0. The first-order valence-corrected chi connectivity index (χ1v) is 4.88. The zero-order valence-corrected chi connectivity index (χ0v) is 9.16. The number of benzene rings is 1. The lowest BCUT2D eigenvalue weighted by molar-refractivity contribution is 0.549. The van der Waals surface area contributed by atoms with Gasteiger partial charge in [-0.1, -0.05) is 17.7 Å². The van der Waals surface area contributed by atoms with Gasteiger partial charge in [-0.2, -0.15) is 4.98 Å². The molecule has 0 amide bonds. The molecule has 0 saturated carbocycles. The van der Waals surface area contributed by atoms with Crippen LogP contribution in [0.5, 0.6) is 0 Å². The minimum Gasteiger partial charge on any atom is -0.429 e. The molecular formula is C12H14N2O. The van der Waals surface area contributed by atoms with E-state index in [4.69, 9.17) is 10.2 Å². The first-order valence-electron chi connectivity index (χ1n) is 4.88. The van der Waals surface area contributed by atoms with E-state index in [9.17, 15) is 0 Å². The Labute approximate surface area is 88.9 Å². The van der Waals surface area contributed by atoms with Crippen LogP contribution >= 0.6 is 0 Å². The van der Waals surface area contributed by atoms with Crippen molar-refractivity contribution in [1.82, 2.24) is 4.98 Å². The second-order valence-electron chi connectivity index (χ2n) is 3.78. The summed E-state index contributed by atoms with van der Waals surface area (Å²) >= 11 is 0. The Morgan fingerprint density at radius 1 is 1.20 bits per heavy atom. The van der Waals surface area contributed by atoms with Gasteiger partial charge in [-0.3, -0.25) is 0 Å². The van der Waals surface area contributed by atoms with Crippen LogP contribution in [-0.4, -0.2) is 4.98 Å². The van der Waals surface area contributed by atoms with Crippen molar-refractivity contribution in [3.05, 3.63) is 35.1 Å². The fourth-order valence-corrected chi connectivity index (χ4v) is 1.66. The van der Waals surface area contributed by atoms with Gasteiger partial charge in [0.15, 0.2) is 0 Å². The van der Waals surface area contributed by atoms with Crippen molar-refractivity contribution in [2.45, 2.75) is 20.8 Å². The predicted molar refractivity (Wildman–Crippen MR) is 60.6 cm³/mol. The molecule has 0 radical (unpaired) electrons. The van der Waals surface area contributed by atoms with Crippen molar-refractivity contribution in [3.8, 4) is 11.3 Å². The highest BCUT2D eigenvalue weighted by atomic mass is 16.4. The molecule has 1 aromatic heterocycles. The topological polar surface area (TPSA) is 52.0 Å². The van der Waals surface area contributed by atoms with E-state index in [0.29, 0.717) is 0 Å². The van der Waals surface area contributed by atoms with Gasteiger partial charge in [0.05, 0.1) is 0 Å². The number of aryl methyl sites for hydroxylation is 3. The molecule has 15 heavy (non-hydrogen) atoms. The summed E-state index contributed by atoms with van der Waals surface area (Å²) in [4.78, 5) is 4.19. The largest absolute Gasteiger partial charge is 0.429 e. The van der Waals surface area contributed by atoms with Gasteiger partial charge in [0, 0.05) is 5.56 Å². The first-order chi connectivity index (χ1) is 7.08. The van der Waals surface area contributed by atoms with Gasteiger partial charge >= 0.3 is 0 Å². The Morgan fingerprint density at radius 3 is 2.53 bits per heavy atom. The molecule has 0 saturated heterocycles. The number of oxazole rings is 1. The normalized spacial score (nSPS) is 10.6. The maximum absolute atomic E-state index is 5.53. The van der Waals surface area contributed by atoms with Crippen molar-refractivity contribution < 1.29 is 4.42 Å². The molecule has 2 N–H and O–H groups in total. The second-order valence-corrected chi connectivity index (χ2v) is 3.78. The fraction of sp³-hybridized carbons (Fsp3) is 0.250. The second kappa shape index (κ2) is 3.42. The molecule has 0 bridgehead atoms. The van der Waals surface area contributed by atoms with Crippen molar-refractivity contribution >= 4 is 6.01 Å². The maximum atomic E-state index is 5.53. The standard InChI is InChI=1S/C12H14N2O/c1-7-4-5-8(2)10(6-7)11-9(3)15-12(13)14-11/h4-6H,1-3H3,(H2,13,14). The molecule has 0 atom stereocenters. The van der Waals surface area contributed by atoms with Gasteiger partial charge in [-0.15, -0.1) is 0 Å². The molecule has 2 aromatic rings. The first kappa shape index (κ1) is 9.77. The van der Waals surface area contributed by atoms with Crippen LogP contribution in [0, 0.1) is 20.8 Å². The number of nitrogens with zero attached hydrogens (tertiary/aromatic N) is 1. The van der Waals surface area contributed by atoms with E-state index in [1.54, 1.807) is 0 Å². The Morgan fingerprint density at radius 2 is 1.93 bits per heavy atom. The highest BCUT2D eigenvalue weighted by Gasteiger charge is 2.11. The molecule has 0 spiro atoms. The van der Waals surface area contributed by atoms with Crippen molar-refractivity contribution in [2.75, 3.05) is 5.73 Å². The third kappa shape index (κ3) is 1.73. The smallest absolute Gasteiger partial charge is 0.292 e. The molecule has 0 aliphatic rings. The van der Waals surface area contributed by atoms with Crippen LogP contribution in [-0.2, 0) is 0 Å². The van der Waals surface area contributed by atoms with E-state index in [2.05, 4.69) is 37.0 Å². The monoisotopic (exact) mass is 202 g/mol. The third-order valence-electron chi connectivity index (χ3n) is 2.46. The van der Waals surface area contributed by atoms with Gasteiger partial charge in [0.25, 0.3) is 6.01 Å². The van der Waals surface area contributed by atoms with Crippen LogP contribution in [0.3, 0.4) is 0 Å². The highest BCUT2D eigenvalue weighted by Crippen LogP contribution is 2.27. The van der Waals surface area contributed by atoms with E-state index in [0.717, 1.165) is 17.0 Å². The minimum atomic E-state index is 0.225. The van der Waals surface area contributed by atoms with Gasteiger partial charge < -0.3 is 10.2 Å². The molecule has 0 aliphatic carbocycles. The summed E-state index contributed by atoms with van der Waals surface area (Å²) in [6.45, 7) is 5.99. The zero-order valence-electron chi connectivity index (χ0n) is 9.16. The average molecular weight is 202 g/mol. The number of hydrogen-bond donors (Lipinski definition) is 1. The summed E-state index contributed by atoms with van der Waals surface area (Å²) < 4.78 is 5.23. The molecular weight excluding hydrogens is 188 g/mol. The van der Waals surface area contributed by atoms with Crippen molar-refractivity contribution in [3.63, 3.8) is 0 Å². The number of aromatic nitrogens is 1. The Bertz CT molecular complexity index is 500. The van der Waals surface area contributed by atoms with Crippen LogP contribution in [0.4, 0.5) is 6.01 Å². The summed E-state index contributed by atoms with van der Waals surface area (Å²) in [6, 6.07) is 6.48. The molecule has 0 aliphatic heterocycles. The predicted octanol–water partition coefficient (Wildman–Crippen LogP) is 2.85. The van der Waals surface area contributed by atoms with Gasteiger partial charge in [0.1, 0.15) is 11.5 Å². The Kier molecular flexibility index (Phi) is 2.23. The van der Waals surface area contributed by atoms with Gasteiger partial charge in [-0.25, -0.2) is 0 Å². The molecule has 3 heteroatoms. The molecule has 0 fully saturated rings. The van der Waals surface area contributed by atoms with Gasteiger partial charge in [0.2, 0.25) is 0 Å². The minimum absolute atomic E-state index is 0.225. The summed E-state index contributed by atoms with van der Waals surface area (Å²) in [6.07, 6.45) is 0. The molecule has 1 heterocycles. The summed E-state index contributed by atoms with van der Waals surface area (Å²) in [5.41, 5.74) is 9.84. The number of rotatable bonds is 1. The van der Waals surface area contributed by atoms with E-state index >= 15 is 0 Å². The lowest BCUT2D eigenvalue weighted by Crippen LogP contribution is -1.88. The highest BCUT2D eigenvalue weighted by molar-refractivity contribution is 5.66. The molecule has 0 unspecified atom stereocenters. The maximum Gasteiger partial charge on any atom is 0.292 e. The average Bonchev–Trinajstić information content (AvgIpc) is 2.50.